The maximum atomic E-state index is 13.3. The minimum atomic E-state index is -4.39. The first-order chi connectivity index (χ1) is 14.4. The Hall–Kier alpha value is -3.79. The second-order valence-electron chi connectivity index (χ2n) is 6.20. The van der Waals surface area contributed by atoms with Crippen molar-refractivity contribution in [2.75, 3.05) is 10.8 Å². The Balaban J connectivity index is 1.92. The largest absolute Gasteiger partial charge is 0.350 e. The minimum absolute atomic E-state index is 0.190. The van der Waals surface area contributed by atoms with Gasteiger partial charge in [-0.2, -0.15) is 0 Å². The lowest BCUT2D eigenvalue weighted by molar-refractivity contribution is -0.387. The van der Waals surface area contributed by atoms with Crippen LogP contribution in [0.1, 0.15) is 5.56 Å². The molecule has 0 atom stereocenters. The Morgan fingerprint density at radius 3 is 2.30 bits per heavy atom. The Kier molecular flexibility index (Phi) is 6.38. The van der Waals surface area contributed by atoms with E-state index in [1.165, 1.54) is 24.3 Å². The highest BCUT2D eigenvalue weighted by Gasteiger charge is 2.32. The van der Waals surface area contributed by atoms with Crippen molar-refractivity contribution in [3.63, 3.8) is 0 Å². The molecule has 0 spiro atoms. The first-order valence-corrected chi connectivity index (χ1v) is 10.3. The number of para-hydroxylation sites is 2. The topological polar surface area (TPSA) is 123 Å². The highest BCUT2D eigenvalue weighted by molar-refractivity contribution is 7.93. The van der Waals surface area contributed by atoms with Gasteiger partial charge in [0.15, 0.2) is 4.90 Å². The van der Waals surface area contributed by atoms with Gasteiger partial charge < -0.3 is 5.32 Å². The number of pyridine rings is 1. The summed E-state index contributed by atoms with van der Waals surface area (Å²) in [5, 5.41) is 14.0. The number of nitro benzene ring substituents is 1. The Morgan fingerprint density at radius 1 is 1.00 bits per heavy atom. The molecule has 1 amide bonds. The highest BCUT2D eigenvalue weighted by Crippen LogP contribution is 2.29. The molecule has 2 aromatic carbocycles. The number of nitro groups is 1. The van der Waals surface area contributed by atoms with Crippen molar-refractivity contribution in [2.24, 2.45) is 0 Å². The standard InChI is InChI=1S/C20H18N4O5S/c25-20(22-14-16-10-12-21-13-11-16)15-23(17-6-2-1-3-7-17)30(28,29)19-9-5-4-8-18(19)24(26)27/h1-13H,14-15H2,(H,22,25). The fourth-order valence-electron chi connectivity index (χ4n) is 2.74. The van der Waals surface area contributed by atoms with Crippen molar-refractivity contribution in [3.05, 3.63) is 94.8 Å². The summed E-state index contributed by atoms with van der Waals surface area (Å²) in [6.45, 7) is -0.348. The summed E-state index contributed by atoms with van der Waals surface area (Å²) < 4.78 is 27.5. The number of anilines is 1. The van der Waals surface area contributed by atoms with Gasteiger partial charge in [-0.15, -0.1) is 0 Å². The van der Waals surface area contributed by atoms with E-state index >= 15 is 0 Å². The van der Waals surface area contributed by atoms with Gasteiger partial charge in [0.05, 0.1) is 10.6 Å². The number of benzene rings is 2. The van der Waals surface area contributed by atoms with Gasteiger partial charge in [0.25, 0.3) is 15.7 Å². The smallest absolute Gasteiger partial charge is 0.289 e. The number of carbonyl (C=O) groups is 1. The number of rotatable bonds is 8. The number of nitrogens with one attached hydrogen (secondary N) is 1. The van der Waals surface area contributed by atoms with Gasteiger partial charge in [0.2, 0.25) is 5.91 Å². The Labute approximate surface area is 173 Å². The van der Waals surface area contributed by atoms with Gasteiger partial charge in [0.1, 0.15) is 6.54 Å². The molecule has 154 valence electrons. The number of carbonyl (C=O) groups excluding carboxylic acids is 1. The molecule has 1 aromatic heterocycles. The van der Waals surface area contributed by atoms with Crippen LogP contribution in [-0.4, -0.2) is 30.8 Å². The van der Waals surface area contributed by atoms with Gasteiger partial charge in [-0.05, 0) is 35.9 Å². The van der Waals surface area contributed by atoms with Crippen LogP contribution in [0, 0.1) is 10.1 Å². The molecule has 0 aliphatic rings. The number of hydrogen-bond donors (Lipinski definition) is 1. The molecule has 0 saturated heterocycles. The molecule has 0 saturated carbocycles. The molecule has 0 radical (unpaired) electrons. The molecule has 0 aliphatic heterocycles. The predicted octanol–water partition coefficient (Wildman–Crippen LogP) is 2.50. The summed E-state index contributed by atoms with van der Waals surface area (Å²) in [4.78, 5) is 26.5. The molecule has 0 unspecified atom stereocenters. The average molecular weight is 426 g/mol. The van der Waals surface area contributed by atoms with E-state index in [1.54, 1.807) is 42.7 Å². The average Bonchev–Trinajstić information content (AvgIpc) is 2.77. The van der Waals surface area contributed by atoms with Crippen LogP contribution in [0.4, 0.5) is 11.4 Å². The van der Waals surface area contributed by atoms with Crippen LogP contribution in [0.25, 0.3) is 0 Å². The summed E-state index contributed by atoms with van der Waals surface area (Å²) in [6.07, 6.45) is 3.16. The van der Waals surface area contributed by atoms with Crippen LogP contribution in [0.15, 0.2) is 84.0 Å². The third-order valence-corrected chi connectivity index (χ3v) is 6.02. The predicted molar refractivity (Wildman–Crippen MR) is 110 cm³/mol. The van der Waals surface area contributed by atoms with Crippen LogP contribution in [0.5, 0.6) is 0 Å². The number of hydrogen-bond acceptors (Lipinski definition) is 6. The van der Waals surface area contributed by atoms with Crippen LogP contribution in [0.3, 0.4) is 0 Å². The van der Waals surface area contributed by atoms with E-state index in [2.05, 4.69) is 10.3 Å². The van der Waals surface area contributed by atoms with Crippen molar-refractivity contribution in [3.8, 4) is 0 Å². The van der Waals surface area contributed by atoms with Gasteiger partial charge in [0, 0.05) is 25.0 Å². The number of sulfonamides is 1. The molecule has 1 N–H and O–H groups in total. The van der Waals surface area contributed by atoms with Gasteiger partial charge in [-0.1, -0.05) is 30.3 Å². The molecule has 9 nitrogen and oxygen atoms in total. The zero-order chi connectivity index (χ0) is 21.6. The molecule has 10 heteroatoms. The lowest BCUT2D eigenvalue weighted by atomic mass is 10.3. The minimum Gasteiger partial charge on any atom is -0.350 e. The normalized spacial score (nSPS) is 10.9. The zero-order valence-corrected chi connectivity index (χ0v) is 16.5. The van der Waals surface area contributed by atoms with E-state index in [9.17, 15) is 23.3 Å². The van der Waals surface area contributed by atoms with E-state index in [0.29, 0.717) is 0 Å². The van der Waals surface area contributed by atoms with Crippen molar-refractivity contribution >= 4 is 27.3 Å². The second kappa shape index (κ2) is 9.14. The summed E-state index contributed by atoms with van der Waals surface area (Å²) in [7, 11) is -4.39. The summed E-state index contributed by atoms with van der Waals surface area (Å²) in [6, 6.07) is 16.4. The fraction of sp³-hybridized carbons (Fsp3) is 0.100. The summed E-state index contributed by atoms with van der Waals surface area (Å²) >= 11 is 0. The highest BCUT2D eigenvalue weighted by atomic mass is 32.2. The van der Waals surface area contributed by atoms with Crippen LogP contribution in [0.2, 0.25) is 0 Å². The SMILES string of the molecule is O=C(CN(c1ccccc1)S(=O)(=O)c1ccccc1[N+](=O)[O-])NCc1ccncc1. The summed E-state index contributed by atoms with van der Waals surface area (Å²) in [5.41, 5.74) is 0.455. The van der Waals surface area contributed by atoms with Crippen LogP contribution in [-0.2, 0) is 21.4 Å². The van der Waals surface area contributed by atoms with E-state index in [4.69, 9.17) is 0 Å². The number of aromatic nitrogens is 1. The van der Waals surface area contributed by atoms with Crippen molar-refractivity contribution in [1.29, 1.82) is 0 Å². The van der Waals surface area contributed by atoms with E-state index in [0.717, 1.165) is 22.0 Å². The first-order valence-electron chi connectivity index (χ1n) is 8.86. The van der Waals surface area contributed by atoms with Gasteiger partial charge >= 0.3 is 0 Å². The Morgan fingerprint density at radius 2 is 1.63 bits per heavy atom. The Bertz CT molecular complexity index is 1140. The third-order valence-electron chi connectivity index (χ3n) is 4.20. The van der Waals surface area contributed by atoms with E-state index < -0.39 is 38.0 Å². The maximum absolute atomic E-state index is 13.3. The van der Waals surface area contributed by atoms with E-state index in [-0.39, 0.29) is 12.2 Å². The van der Waals surface area contributed by atoms with Gasteiger partial charge in [-0.3, -0.25) is 24.2 Å². The lowest BCUT2D eigenvalue weighted by Crippen LogP contribution is -2.40. The molecule has 1 heterocycles. The van der Waals surface area contributed by atoms with Gasteiger partial charge in [-0.25, -0.2) is 8.42 Å². The lowest BCUT2D eigenvalue weighted by Gasteiger charge is -2.24. The molecule has 0 aliphatic carbocycles. The molecular weight excluding hydrogens is 408 g/mol. The maximum Gasteiger partial charge on any atom is 0.289 e. The third kappa shape index (κ3) is 4.78. The van der Waals surface area contributed by atoms with Crippen molar-refractivity contribution in [2.45, 2.75) is 11.4 Å². The first kappa shape index (κ1) is 20.9. The molecule has 30 heavy (non-hydrogen) atoms. The van der Waals surface area contributed by atoms with Crippen LogP contribution < -0.4 is 9.62 Å². The van der Waals surface area contributed by atoms with E-state index in [1.807, 2.05) is 0 Å². The molecule has 3 aromatic rings. The van der Waals surface area contributed by atoms with Crippen molar-refractivity contribution in [1.82, 2.24) is 10.3 Å². The number of nitrogens with zero attached hydrogens (tertiary/aromatic N) is 3. The summed E-state index contributed by atoms with van der Waals surface area (Å²) in [5.74, 6) is -0.558. The van der Waals surface area contributed by atoms with Crippen LogP contribution >= 0.6 is 0 Å². The second-order valence-corrected chi connectivity index (χ2v) is 8.03. The molecule has 0 bridgehead atoms. The monoisotopic (exact) mass is 426 g/mol. The number of amides is 1. The molecule has 0 fully saturated rings. The fourth-order valence-corrected chi connectivity index (χ4v) is 4.32. The zero-order valence-electron chi connectivity index (χ0n) is 15.7. The quantitative estimate of drug-likeness (QED) is 0.436. The molecule has 3 rings (SSSR count). The van der Waals surface area contributed by atoms with Crippen molar-refractivity contribution < 1.29 is 18.1 Å². The molecular formula is C20H18N4O5S.